The number of sulfone groups is 1. The van der Waals surface area contributed by atoms with Gasteiger partial charge in [0.05, 0.1) is 21.1 Å². The lowest BCUT2D eigenvalue weighted by molar-refractivity contribution is -0.131. The Hall–Kier alpha value is -1.54. The number of nitrogens with zero attached hydrogens (tertiary/aromatic N) is 1. The maximum atomic E-state index is 13.0. The van der Waals surface area contributed by atoms with Gasteiger partial charge in [-0.3, -0.25) is 9.59 Å². The molecule has 148 valence electrons. The highest BCUT2D eigenvalue weighted by molar-refractivity contribution is 8.01. The molecule has 1 aromatic carbocycles. The molecule has 0 aliphatic carbocycles. The zero-order valence-corrected chi connectivity index (χ0v) is 17.4. The summed E-state index contributed by atoms with van der Waals surface area (Å²) in [5.74, 6) is -0.227. The van der Waals surface area contributed by atoms with E-state index in [1.54, 1.807) is 24.0 Å². The number of thioether (sulfide) groups is 1. The van der Waals surface area contributed by atoms with Crippen LogP contribution in [0.25, 0.3) is 0 Å². The van der Waals surface area contributed by atoms with E-state index in [0.717, 1.165) is 30.6 Å². The molecule has 27 heavy (non-hydrogen) atoms. The Balaban J connectivity index is 1.74. The molecule has 0 spiro atoms. The summed E-state index contributed by atoms with van der Waals surface area (Å²) in [4.78, 5) is 27.2. The first-order chi connectivity index (χ1) is 12.8. The summed E-state index contributed by atoms with van der Waals surface area (Å²) >= 11 is 1.41. The molecule has 1 saturated heterocycles. The number of likely N-dealkylation sites (tertiary alicyclic amines) is 1. The second-order valence-electron chi connectivity index (χ2n) is 7.26. The second-order valence-corrected chi connectivity index (χ2v) is 11.0. The largest absolute Gasteiger partial charge is 0.343 e. The van der Waals surface area contributed by atoms with Crippen molar-refractivity contribution >= 4 is 39.1 Å². The summed E-state index contributed by atoms with van der Waals surface area (Å²) in [7, 11) is -3.65. The SMILES string of the molecule is C[C@@H]1Sc2ccc(S(=O)(=O)[C@H](C)CC(=O)N3CCCCCC3)cc2NC1=O. The maximum absolute atomic E-state index is 13.0. The Kier molecular flexibility index (Phi) is 6.15. The van der Waals surface area contributed by atoms with Crippen LogP contribution in [0, 0.1) is 0 Å². The van der Waals surface area contributed by atoms with Gasteiger partial charge < -0.3 is 10.2 Å². The van der Waals surface area contributed by atoms with Gasteiger partial charge in [0.15, 0.2) is 9.84 Å². The number of hydrogen-bond donors (Lipinski definition) is 1. The van der Waals surface area contributed by atoms with Crippen molar-refractivity contribution in [2.75, 3.05) is 18.4 Å². The van der Waals surface area contributed by atoms with Crippen LogP contribution < -0.4 is 5.32 Å². The Morgan fingerprint density at radius 2 is 1.93 bits per heavy atom. The van der Waals surface area contributed by atoms with Crippen LogP contribution in [0.1, 0.15) is 46.0 Å². The van der Waals surface area contributed by atoms with E-state index in [4.69, 9.17) is 0 Å². The number of carbonyl (C=O) groups excluding carboxylic acids is 2. The van der Waals surface area contributed by atoms with Crippen LogP contribution in [0.5, 0.6) is 0 Å². The van der Waals surface area contributed by atoms with Crippen LogP contribution >= 0.6 is 11.8 Å². The molecule has 2 atom stereocenters. The predicted octanol–water partition coefficient (Wildman–Crippen LogP) is 3.07. The molecule has 0 unspecified atom stereocenters. The third-order valence-corrected chi connectivity index (χ3v) is 8.48. The van der Waals surface area contributed by atoms with Crippen molar-refractivity contribution in [3.63, 3.8) is 0 Å². The predicted molar refractivity (Wildman–Crippen MR) is 107 cm³/mol. The standard InChI is InChI=1S/C19H26N2O4S2/c1-13(11-18(22)21-9-5-3-4-6-10-21)27(24,25)15-7-8-17-16(12-15)20-19(23)14(2)26-17/h7-8,12-14H,3-6,9-11H2,1-2H3,(H,20,23)/t13-,14+/m1/s1. The van der Waals surface area contributed by atoms with Crippen molar-refractivity contribution in [1.82, 2.24) is 4.90 Å². The molecule has 2 aliphatic heterocycles. The minimum Gasteiger partial charge on any atom is -0.343 e. The van der Waals surface area contributed by atoms with E-state index < -0.39 is 15.1 Å². The first-order valence-electron chi connectivity index (χ1n) is 9.42. The normalized spacial score (nSPS) is 21.8. The fourth-order valence-corrected chi connectivity index (χ4v) is 5.70. The number of benzene rings is 1. The van der Waals surface area contributed by atoms with Crippen LogP contribution in [0.3, 0.4) is 0 Å². The first-order valence-corrected chi connectivity index (χ1v) is 11.8. The summed E-state index contributed by atoms with van der Waals surface area (Å²) < 4.78 is 25.9. The molecule has 8 heteroatoms. The summed E-state index contributed by atoms with van der Waals surface area (Å²) in [6.07, 6.45) is 4.18. The molecule has 0 aromatic heterocycles. The van der Waals surface area contributed by atoms with E-state index in [1.165, 1.54) is 17.8 Å². The van der Waals surface area contributed by atoms with E-state index in [1.807, 2.05) is 6.92 Å². The number of nitrogens with one attached hydrogen (secondary N) is 1. The minimum atomic E-state index is -3.65. The van der Waals surface area contributed by atoms with Gasteiger partial charge >= 0.3 is 0 Å². The van der Waals surface area contributed by atoms with Crippen molar-refractivity contribution < 1.29 is 18.0 Å². The minimum absolute atomic E-state index is 0.0163. The van der Waals surface area contributed by atoms with Crippen molar-refractivity contribution in [1.29, 1.82) is 0 Å². The van der Waals surface area contributed by atoms with E-state index >= 15 is 0 Å². The summed E-state index contributed by atoms with van der Waals surface area (Å²) in [5, 5.41) is 1.75. The Bertz CT molecular complexity index is 830. The Morgan fingerprint density at radius 3 is 2.59 bits per heavy atom. The van der Waals surface area contributed by atoms with Crippen molar-refractivity contribution in [3.8, 4) is 0 Å². The van der Waals surface area contributed by atoms with Crippen molar-refractivity contribution in [2.24, 2.45) is 0 Å². The van der Waals surface area contributed by atoms with Gasteiger partial charge in [-0.1, -0.05) is 12.8 Å². The van der Waals surface area contributed by atoms with Gasteiger partial charge in [0, 0.05) is 24.4 Å². The third kappa shape index (κ3) is 4.48. The van der Waals surface area contributed by atoms with Crippen molar-refractivity contribution in [3.05, 3.63) is 18.2 Å². The van der Waals surface area contributed by atoms with E-state index in [0.29, 0.717) is 18.8 Å². The van der Waals surface area contributed by atoms with Crippen LogP contribution in [-0.2, 0) is 19.4 Å². The van der Waals surface area contributed by atoms with Crippen LogP contribution in [0.4, 0.5) is 5.69 Å². The van der Waals surface area contributed by atoms with E-state index in [2.05, 4.69) is 5.32 Å². The quantitative estimate of drug-likeness (QED) is 0.825. The highest BCUT2D eigenvalue weighted by atomic mass is 32.2. The van der Waals surface area contributed by atoms with E-state index in [9.17, 15) is 18.0 Å². The topological polar surface area (TPSA) is 83.6 Å². The molecular weight excluding hydrogens is 384 g/mol. The molecule has 1 N–H and O–H groups in total. The van der Waals surface area contributed by atoms with Gasteiger partial charge in [-0.2, -0.15) is 0 Å². The van der Waals surface area contributed by atoms with Gasteiger partial charge in [0.25, 0.3) is 0 Å². The Morgan fingerprint density at radius 1 is 1.26 bits per heavy atom. The highest BCUT2D eigenvalue weighted by Gasteiger charge is 2.30. The van der Waals surface area contributed by atoms with Gasteiger partial charge in [-0.25, -0.2) is 8.42 Å². The molecule has 0 bridgehead atoms. The molecule has 2 heterocycles. The number of anilines is 1. The lowest BCUT2D eigenvalue weighted by atomic mass is 10.2. The summed E-state index contributed by atoms with van der Waals surface area (Å²) in [6.45, 7) is 4.82. The fourth-order valence-electron chi connectivity index (χ4n) is 3.40. The molecule has 1 fully saturated rings. The lowest BCUT2D eigenvalue weighted by Gasteiger charge is -2.24. The van der Waals surface area contributed by atoms with Crippen molar-refractivity contribution in [2.45, 2.75) is 66.2 Å². The maximum Gasteiger partial charge on any atom is 0.237 e. The number of carbonyl (C=O) groups is 2. The van der Waals surface area contributed by atoms with Gasteiger partial charge in [-0.05, 0) is 44.9 Å². The lowest BCUT2D eigenvalue weighted by Crippen LogP contribution is -2.35. The van der Waals surface area contributed by atoms with Gasteiger partial charge in [-0.15, -0.1) is 11.8 Å². The number of hydrogen-bond acceptors (Lipinski definition) is 5. The monoisotopic (exact) mass is 410 g/mol. The third-order valence-electron chi connectivity index (χ3n) is 5.16. The molecule has 0 saturated carbocycles. The molecule has 2 amide bonds. The molecule has 1 aromatic rings. The molecule has 2 aliphatic rings. The number of rotatable bonds is 4. The zero-order chi connectivity index (χ0) is 19.6. The molecular formula is C19H26N2O4S2. The molecule has 3 rings (SSSR count). The van der Waals surface area contributed by atoms with Crippen LogP contribution in [-0.4, -0.2) is 48.7 Å². The first kappa shape index (κ1) is 20.2. The summed E-state index contributed by atoms with van der Waals surface area (Å²) in [6, 6.07) is 4.80. The average molecular weight is 411 g/mol. The number of fused-ring (bicyclic) bond motifs is 1. The van der Waals surface area contributed by atoms with Crippen LogP contribution in [0.15, 0.2) is 28.0 Å². The Labute approximate surface area is 165 Å². The second kappa shape index (κ2) is 8.22. The molecule has 0 radical (unpaired) electrons. The van der Waals surface area contributed by atoms with E-state index in [-0.39, 0.29) is 28.4 Å². The molecule has 6 nitrogen and oxygen atoms in total. The smallest absolute Gasteiger partial charge is 0.237 e. The highest BCUT2D eigenvalue weighted by Crippen LogP contribution is 2.37. The zero-order valence-electron chi connectivity index (χ0n) is 15.7. The fraction of sp³-hybridized carbons (Fsp3) is 0.579. The van der Waals surface area contributed by atoms with Gasteiger partial charge in [0.2, 0.25) is 11.8 Å². The van der Waals surface area contributed by atoms with Gasteiger partial charge in [0.1, 0.15) is 0 Å². The van der Waals surface area contributed by atoms with Crippen LogP contribution in [0.2, 0.25) is 0 Å². The summed E-state index contributed by atoms with van der Waals surface area (Å²) in [5.41, 5.74) is 0.523. The number of amides is 2. The average Bonchev–Trinajstić information content (AvgIpc) is 2.91.